The van der Waals surface area contributed by atoms with E-state index in [1.165, 1.54) is 18.2 Å². The molecule has 0 spiro atoms. The Hall–Kier alpha value is -0.780. The second-order valence-corrected chi connectivity index (χ2v) is 6.49. The average Bonchev–Trinajstić information content (AvgIpc) is 2.41. The van der Waals surface area contributed by atoms with Crippen LogP contribution >= 0.6 is 31.9 Å². The third-order valence-electron chi connectivity index (χ3n) is 3.23. The van der Waals surface area contributed by atoms with Crippen LogP contribution in [0.2, 0.25) is 0 Å². The first kappa shape index (κ1) is 16.6. The molecule has 0 aromatic heterocycles. The molecule has 0 aliphatic carbocycles. The van der Waals surface area contributed by atoms with Gasteiger partial charge in [-0.05, 0) is 48.4 Å². The van der Waals surface area contributed by atoms with Crippen molar-refractivity contribution in [2.45, 2.75) is 19.4 Å². The van der Waals surface area contributed by atoms with Crippen LogP contribution in [0.4, 0.5) is 8.78 Å². The van der Waals surface area contributed by atoms with Crippen molar-refractivity contribution in [1.29, 1.82) is 0 Å². The minimum absolute atomic E-state index is 0.0827. The van der Waals surface area contributed by atoms with Crippen LogP contribution in [0.25, 0.3) is 0 Å². The average molecular weight is 419 g/mol. The molecule has 2 aromatic carbocycles. The summed E-state index contributed by atoms with van der Waals surface area (Å²) in [5.41, 5.74) is 1.54. The van der Waals surface area contributed by atoms with Crippen LogP contribution in [0, 0.1) is 11.6 Å². The zero-order valence-corrected chi connectivity index (χ0v) is 14.6. The highest BCUT2D eigenvalue weighted by Crippen LogP contribution is 2.28. The van der Waals surface area contributed by atoms with Crippen molar-refractivity contribution in [2.75, 3.05) is 6.54 Å². The second-order valence-electron chi connectivity index (χ2n) is 4.72. The van der Waals surface area contributed by atoms with E-state index in [2.05, 4.69) is 37.2 Å². The van der Waals surface area contributed by atoms with Crippen LogP contribution in [-0.2, 0) is 6.42 Å². The van der Waals surface area contributed by atoms with E-state index in [1.54, 1.807) is 12.1 Å². The van der Waals surface area contributed by atoms with Crippen molar-refractivity contribution in [1.82, 2.24) is 5.32 Å². The van der Waals surface area contributed by atoms with Gasteiger partial charge >= 0.3 is 0 Å². The topological polar surface area (TPSA) is 12.0 Å². The van der Waals surface area contributed by atoms with Gasteiger partial charge in [0.2, 0.25) is 0 Å². The SMILES string of the molecule is CCNC(Cc1ccc(Br)cc1F)c1ccc(F)cc1Br. The molecule has 1 N–H and O–H groups in total. The van der Waals surface area contributed by atoms with Crippen molar-refractivity contribution < 1.29 is 8.78 Å². The van der Waals surface area contributed by atoms with E-state index in [4.69, 9.17) is 0 Å². The van der Waals surface area contributed by atoms with E-state index in [-0.39, 0.29) is 17.7 Å². The summed E-state index contributed by atoms with van der Waals surface area (Å²) in [6.07, 6.45) is 0.497. The predicted molar refractivity (Wildman–Crippen MR) is 88.3 cm³/mol. The summed E-state index contributed by atoms with van der Waals surface area (Å²) in [4.78, 5) is 0. The molecule has 2 rings (SSSR count). The summed E-state index contributed by atoms with van der Waals surface area (Å²) in [6, 6.07) is 9.53. The molecule has 0 radical (unpaired) electrons. The molecule has 0 bridgehead atoms. The molecule has 0 saturated heterocycles. The summed E-state index contributed by atoms with van der Waals surface area (Å²) < 4.78 is 28.6. The largest absolute Gasteiger partial charge is 0.310 e. The normalized spacial score (nSPS) is 12.4. The van der Waals surface area contributed by atoms with E-state index >= 15 is 0 Å². The fourth-order valence-corrected chi connectivity index (χ4v) is 3.19. The molecule has 1 unspecified atom stereocenters. The highest BCUT2D eigenvalue weighted by atomic mass is 79.9. The van der Waals surface area contributed by atoms with Crippen molar-refractivity contribution in [3.05, 3.63) is 68.1 Å². The molecular formula is C16H15Br2F2N. The Morgan fingerprint density at radius 3 is 2.48 bits per heavy atom. The molecular weight excluding hydrogens is 404 g/mol. The quantitative estimate of drug-likeness (QED) is 0.686. The Balaban J connectivity index is 2.30. The predicted octanol–water partition coefficient (Wildman–Crippen LogP) is 5.38. The molecule has 0 amide bonds. The highest BCUT2D eigenvalue weighted by molar-refractivity contribution is 9.10. The van der Waals surface area contributed by atoms with Crippen LogP contribution in [0.5, 0.6) is 0 Å². The van der Waals surface area contributed by atoms with E-state index in [0.29, 0.717) is 20.9 Å². The van der Waals surface area contributed by atoms with Gasteiger partial charge in [-0.3, -0.25) is 0 Å². The van der Waals surface area contributed by atoms with Gasteiger partial charge in [-0.2, -0.15) is 0 Å². The van der Waals surface area contributed by atoms with Crippen molar-refractivity contribution in [3.8, 4) is 0 Å². The van der Waals surface area contributed by atoms with Gasteiger partial charge in [0.1, 0.15) is 11.6 Å². The molecule has 0 fully saturated rings. The molecule has 0 saturated carbocycles. The monoisotopic (exact) mass is 417 g/mol. The number of hydrogen-bond acceptors (Lipinski definition) is 1. The lowest BCUT2D eigenvalue weighted by atomic mass is 9.98. The number of halogens is 4. The summed E-state index contributed by atoms with van der Waals surface area (Å²) >= 11 is 6.63. The van der Waals surface area contributed by atoms with Gasteiger partial charge < -0.3 is 5.32 Å². The molecule has 21 heavy (non-hydrogen) atoms. The molecule has 0 heterocycles. The van der Waals surface area contributed by atoms with E-state index in [9.17, 15) is 8.78 Å². The van der Waals surface area contributed by atoms with Crippen LogP contribution in [0.3, 0.4) is 0 Å². The van der Waals surface area contributed by atoms with Gasteiger partial charge in [-0.1, -0.05) is 50.9 Å². The number of nitrogens with one attached hydrogen (secondary N) is 1. The number of benzene rings is 2. The van der Waals surface area contributed by atoms with Crippen LogP contribution in [0.15, 0.2) is 45.3 Å². The fourth-order valence-electron chi connectivity index (χ4n) is 2.23. The second kappa shape index (κ2) is 7.47. The van der Waals surface area contributed by atoms with Gasteiger partial charge in [0.05, 0.1) is 0 Å². The van der Waals surface area contributed by atoms with Gasteiger partial charge in [0.25, 0.3) is 0 Å². The standard InChI is InChI=1S/C16H15Br2F2N/c1-2-21-16(13-6-5-12(19)9-14(13)18)7-10-3-4-11(17)8-15(10)20/h3-6,8-9,16,21H,2,7H2,1H3. The van der Waals surface area contributed by atoms with E-state index < -0.39 is 0 Å². The molecule has 2 aromatic rings. The van der Waals surface area contributed by atoms with Gasteiger partial charge in [-0.15, -0.1) is 0 Å². The highest BCUT2D eigenvalue weighted by Gasteiger charge is 2.16. The zero-order valence-electron chi connectivity index (χ0n) is 11.5. The lowest BCUT2D eigenvalue weighted by molar-refractivity contribution is 0.524. The first-order valence-electron chi connectivity index (χ1n) is 6.63. The Morgan fingerprint density at radius 1 is 1.10 bits per heavy atom. The molecule has 1 atom stereocenters. The van der Waals surface area contributed by atoms with Crippen LogP contribution in [0.1, 0.15) is 24.1 Å². The summed E-state index contributed by atoms with van der Waals surface area (Å²) in [5, 5.41) is 3.32. The maximum atomic E-state index is 14.0. The third kappa shape index (κ3) is 4.34. The first-order valence-corrected chi connectivity index (χ1v) is 8.22. The molecule has 5 heteroatoms. The van der Waals surface area contributed by atoms with E-state index in [1.807, 2.05) is 13.0 Å². The minimum atomic E-state index is -0.296. The summed E-state index contributed by atoms with van der Waals surface area (Å²) in [5.74, 6) is -0.541. The zero-order chi connectivity index (χ0) is 15.4. The number of likely N-dealkylation sites (N-methyl/N-ethyl adjacent to an activating group) is 1. The van der Waals surface area contributed by atoms with Crippen LogP contribution in [-0.4, -0.2) is 6.54 Å². The summed E-state index contributed by atoms with van der Waals surface area (Å²) in [6.45, 7) is 2.73. The fraction of sp³-hybridized carbons (Fsp3) is 0.250. The van der Waals surface area contributed by atoms with Crippen LogP contribution < -0.4 is 5.32 Å². The van der Waals surface area contributed by atoms with Crippen molar-refractivity contribution >= 4 is 31.9 Å². The van der Waals surface area contributed by atoms with Gasteiger partial charge in [-0.25, -0.2) is 8.78 Å². The molecule has 112 valence electrons. The van der Waals surface area contributed by atoms with E-state index in [0.717, 1.165) is 12.1 Å². The van der Waals surface area contributed by atoms with Gasteiger partial charge in [0.15, 0.2) is 0 Å². The lowest BCUT2D eigenvalue weighted by Gasteiger charge is -2.20. The maximum Gasteiger partial charge on any atom is 0.127 e. The summed E-state index contributed by atoms with van der Waals surface area (Å²) in [7, 11) is 0. The maximum absolute atomic E-state index is 14.0. The Labute approximate surface area is 140 Å². The lowest BCUT2D eigenvalue weighted by Crippen LogP contribution is -2.23. The Bertz CT molecular complexity index is 632. The van der Waals surface area contributed by atoms with Crippen molar-refractivity contribution in [2.24, 2.45) is 0 Å². The molecule has 1 nitrogen and oxygen atoms in total. The van der Waals surface area contributed by atoms with Crippen molar-refractivity contribution in [3.63, 3.8) is 0 Å². The Morgan fingerprint density at radius 2 is 1.86 bits per heavy atom. The minimum Gasteiger partial charge on any atom is -0.310 e. The Kier molecular flexibility index (Phi) is 5.90. The number of rotatable bonds is 5. The smallest absolute Gasteiger partial charge is 0.127 e. The first-order chi connectivity index (χ1) is 10.0. The third-order valence-corrected chi connectivity index (χ3v) is 4.41. The molecule has 0 aliphatic rings. The number of hydrogen-bond donors (Lipinski definition) is 1. The van der Waals surface area contributed by atoms with Gasteiger partial charge in [0, 0.05) is 15.0 Å². The molecule has 0 aliphatic heterocycles.